The van der Waals surface area contributed by atoms with E-state index in [2.05, 4.69) is 5.32 Å². The van der Waals surface area contributed by atoms with Crippen LogP contribution in [0.25, 0.3) is 0 Å². The fourth-order valence-corrected chi connectivity index (χ4v) is 2.06. The van der Waals surface area contributed by atoms with E-state index in [1.165, 1.54) is 6.07 Å². The Labute approximate surface area is 129 Å². The molecule has 22 heavy (non-hydrogen) atoms. The minimum Gasteiger partial charge on any atom is -0.486 e. The van der Waals surface area contributed by atoms with E-state index in [1.54, 1.807) is 0 Å². The Kier molecular flexibility index (Phi) is 4.96. The third-order valence-corrected chi connectivity index (χ3v) is 3.20. The van der Waals surface area contributed by atoms with Gasteiger partial charge >= 0.3 is 6.18 Å². The molecule has 2 aromatic carbocycles. The molecule has 0 fully saturated rings. The van der Waals surface area contributed by atoms with Crippen LogP contribution in [0, 0.1) is 0 Å². The molecule has 0 aliphatic heterocycles. The lowest BCUT2D eigenvalue weighted by molar-refractivity contribution is -0.137. The van der Waals surface area contributed by atoms with Crippen LogP contribution in [-0.2, 0) is 6.18 Å². The Morgan fingerprint density at radius 2 is 1.86 bits per heavy atom. The average molecular weight is 310 g/mol. The van der Waals surface area contributed by atoms with Gasteiger partial charge in [-0.25, -0.2) is 0 Å². The smallest absolute Gasteiger partial charge is 0.416 e. The van der Waals surface area contributed by atoms with Crippen molar-refractivity contribution in [3.05, 3.63) is 65.7 Å². The summed E-state index contributed by atoms with van der Waals surface area (Å²) in [5.74, 6) is 0.257. The van der Waals surface area contributed by atoms with Crippen molar-refractivity contribution in [3.8, 4) is 5.75 Å². The van der Waals surface area contributed by atoms with Gasteiger partial charge in [-0.2, -0.15) is 13.2 Å². The Morgan fingerprint density at radius 1 is 1.14 bits per heavy atom. The van der Waals surface area contributed by atoms with E-state index in [-0.39, 0.29) is 11.9 Å². The van der Waals surface area contributed by atoms with Crippen LogP contribution in [0.2, 0.25) is 0 Å². The minimum atomic E-state index is -4.53. The zero-order valence-corrected chi connectivity index (χ0v) is 12.2. The van der Waals surface area contributed by atoms with Gasteiger partial charge in [0.25, 0.3) is 0 Å². The molecule has 0 saturated carbocycles. The lowest BCUT2D eigenvalue weighted by atomic mass is 10.1. The SMILES string of the molecule is [2H]c1cc(OC(CCNC)c2ccccc2)ccc1C(F)(F)F. The number of halogens is 3. The van der Waals surface area contributed by atoms with Crippen molar-refractivity contribution in [3.63, 3.8) is 0 Å². The summed E-state index contributed by atoms with van der Waals surface area (Å²) in [4.78, 5) is 0. The van der Waals surface area contributed by atoms with Gasteiger partial charge in [0, 0.05) is 6.42 Å². The Hall–Kier alpha value is -2.01. The molecule has 0 amide bonds. The monoisotopic (exact) mass is 310 g/mol. The quantitative estimate of drug-likeness (QED) is 0.852. The van der Waals surface area contributed by atoms with E-state index in [0.717, 1.165) is 17.7 Å². The van der Waals surface area contributed by atoms with Gasteiger partial charge in [0.1, 0.15) is 11.9 Å². The summed E-state index contributed by atoms with van der Waals surface area (Å²) in [6, 6.07) is 12.1. The number of benzene rings is 2. The van der Waals surface area contributed by atoms with Crippen molar-refractivity contribution in [2.45, 2.75) is 18.7 Å². The topological polar surface area (TPSA) is 21.3 Å². The van der Waals surface area contributed by atoms with Crippen molar-refractivity contribution in [1.29, 1.82) is 0 Å². The van der Waals surface area contributed by atoms with Gasteiger partial charge < -0.3 is 10.1 Å². The lowest BCUT2D eigenvalue weighted by Gasteiger charge is -2.20. The maximum Gasteiger partial charge on any atom is 0.416 e. The fraction of sp³-hybridized carbons (Fsp3) is 0.294. The van der Waals surface area contributed by atoms with Gasteiger partial charge in [-0.1, -0.05) is 30.3 Å². The summed E-state index contributed by atoms with van der Waals surface area (Å²) in [5, 5.41) is 3.03. The van der Waals surface area contributed by atoms with E-state index < -0.39 is 17.8 Å². The summed E-state index contributed by atoms with van der Waals surface area (Å²) < 4.78 is 51.5. The highest BCUT2D eigenvalue weighted by Crippen LogP contribution is 2.31. The van der Waals surface area contributed by atoms with Crippen molar-refractivity contribution in [2.24, 2.45) is 0 Å². The molecule has 0 heterocycles. The van der Waals surface area contributed by atoms with E-state index in [9.17, 15) is 13.2 Å². The second kappa shape index (κ2) is 7.31. The zero-order chi connectivity index (χ0) is 16.9. The average Bonchev–Trinajstić information content (AvgIpc) is 2.51. The maximum atomic E-state index is 12.7. The molecular formula is C17H18F3NO. The molecule has 0 saturated heterocycles. The van der Waals surface area contributed by atoms with Crippen LogP contribution in [0.4, 0.5) is 13.2 Å². The largest absolute Gasteiger partial charge is 0.486 e. The molecule has 0 radical (unpaired) electrons. The lowest BCUT2D eigenvalue weighted by Crippen LogP contribution is -2.16. The number of rotatable bonds is 6. The summed E-state index contributed by atoms with van der Waals surface area (Å²) in [6.45, 7) is 0.702. The molecule has 0 aromatic heterocycles. The third-order valence-electron chi connectivity index (χ3n) is 3.20. The van der Waals surface area contributed by atoms with Gasteiger partial charge in [-0.05, 0) is 43.4 Å². The highest BCUT2D eigenvalue weighted by atomic mass is 19.4. The summed E-state index contributed by atoms with van der Waals surface area (Å²) in [5.41, 5.74) is -0.0227. The van der Waals surface area contributed by atoms with Crippen LogP contribution in [0.1, 0.15) is 25.0 Å². The predicted molar refractivity (Wildman–Crippen MR) is 79.8 cm³/mol. The molecule has 0 spiro atoms. The Balaban J connectivity index is 2.21. The first-order valence-corrected chi connectivity index (χ1v) is 6.96. The molecule has 0 aliphatic carbocycles. The van der Waals surface area contributed by atoms with E-state index in [4.69, 9.17) is 6.11 Å². The molecule has 0 bridgehead atoms. The van der Waals surface area contributed by atoms with Crippen molar-refractivity contribution >= 4 is 0 Å². The summed E-state index contributed by atoms with van der Waals surface area (Å²) >= 11 is 0. The maximum absolute atomic E-state index is 12.7. The molecule has 118 valence electrons. The second-order valence-corrected chi connectivity index (χ2v) is 4.85. The molecule has 0 aliphatic rings. The van der Waals surface area contributed by atoms with Gasteiger partial charge in [-0.15, -0.1) is 0 Å². The van der Waals surface area contributed by atoms with Gasteiger partial charge in [0.15, 0.2) is 0 Å². The molecule has 1 atom stereocenters. The van der Waals surface area contributed by atoms with Gasteiger partial charge in [-0.3, -0.25) is 0 Å². The fourth-order valence-electron chi connectivity index (χ4n) is 2.06. The van der Waals surface area contributed by atoms with Gasteiger partial charge in [0.2, 0.25) is 0 Å². The third kappa shape index (κ3) is 4.49. The van der Waals surface area contributed by atoms with Crippen molar-refractivity contribution in [1.82, 2.24) is 5.32 Å². The Morgan fingerprint density at radius 3 is 2.45 bits per heavy atom. The standard InChI is InChI=1S/C17H18F3NO/c1-21-12-11-16(13-5-3-2-4-6-13)22-15-9-7-14(8-10-15)17(18,19)20/h2-10,16,21H,11-12H2,1H3/i7D. The first kappa shape index (κ1) is 14.9. The molecule has 1 N–H and O–H groups in total. The highest BCUT2D eigenvalue weighted by molar-refractivity contribution is 5.30. The first-order chi connectivity index (χ1) is 10.9. The van der Waals surface area contributed by atoms with E-state index in [0.29, 0.717) is 13.0 Å². The summed E-state index contributed by atoms with van der Waals surface area (Å²) in [6.07, 6.45) is -4.16. The van der Waals surface area contributed by atoms with Crippen molar-refractivity contribution in [2.75, 3.05) is 13.6 Å². The first-order valence-electron chi connectivity index (χ1n) is 7.46. The number of alkyl halides is 3. The number of nitrogens with one attached hydrogen (secondary N) is 1. The minimum absolute atomic E-state index is 0.257. The molecule has 5 heteroatoms. The van der Waals surface area contributed by atoms with Crippen LogP contribution in [0.5, 0.6) is 5.75 Å². The molecule has 2 aromatic rings. The zero-order valence-electron chi connectivity index (χ0n) is 13.2. The number of ether oxygens (including phenoxy) is 1. The molecule has 2 nitrogen and oxygen atoms in total. The van der Waals surface area contributed by atoms with Crippen LogP contribution in [-0.4, -0.2) is 13.6 Å². The van der Waals surface area contributed by atoms with Crippen LogP contribution < -0.4 is 10.1 Å². The summed E-state index contributed by atoms with van der Waals surface area (Å²) in [7, 11) is 1.82. The van der Waals surface area contributed by atoms with Crippen LogP contribution in [0.3, 0.4) is 0 Å². The number of hydrogen-bond donors (Lipinski definition) is 1. The van der Waals surface area contributed by atoms with E-state index >= 15 is 0 Å². The molecular weight excluding hydrogens is 291 g/mol. The van der Waals surface area contributed by atoms with E-state index in [1.807, 2.05) is 37.4 Å². The van der Waals surface area contributed by atoms with Gasteiger partial charge in [0.05, 0.1) is 6.93 Å². The predicted octanol–water partition coefficient (Wildman–Crippen LogP) is 4.44. The Bertz CT molecular complexity index is 631. The highest BCUT2D eigenvalue weighted by Gasteiger charge is 2.30. The molecule has 2 rings (SSSR count). The van der Waals surface area contributed by atoms with Crippen LogP contribution in [0.15, 0.2) is 54.6 Å². The van der Waals surface area contributed by atoms with Crippen LogP contribution >= 0.6 is 0 Å². The second-order valence-electron chi connectivity index (χ2n) is 4.85. The van der Waals surface area contributed by atoms with Crippen molar-refractivity contribution < 1.29 is 19.3 Å². The number of hydrogen-bond acceptors (Lipinski definition) is 2. The molecule has 1 unspecified atom stereocenters. The normalized spacial score (nSPS) is 13.5.